The minimum absolute atomic E-state index is 0.186. The van der Waals surface area contributed by atoms with E-state index < -0.39 is 0 Å². The van der Waals surface area contributed by atoms with Gasteiger partial charge in [-0.3, -0.25) is 14.7 Å². The molecule has 0 fully saturated rings. The molecule has 34 heavy (non-hydrogen) atoms. The van der Waals surface area contributed by atoms with Crippen LogP contribution in [-0.4, -0.2) is 65.0 Å². The van der Waals surface area contributed by atoms with E-state index in [1.807, 2.05) is 19.1 Å². The summed E-state index contributed by atoms with van der Waals surface area (Å²) in [5.41, 5.74) is 1.54. The molecule has 0 spiro atoms. The Labute approximate surface area is 198 Å². The predicted molar refractivity (Wildman–Crippen MR) is 125 cm³/mol. The van der Waals surface area contributed by atoms with Gasteiger partial charge in [0.25, 0.3) is 5.91 Å². The van der Waals surface area contributed by atoms with E-state index in [0.29, 0.717) is 23.6 Å². The molecule has 1 aliphatic heterocycles. The second kappa shape index (κ2) is 10.5. The van der Waals surface area contributed by atoms with Gasteiger partial charge in [0, 0.05) is 56.6 Å². The Kier molecular flexibility index (Phi) is 7.27. The van der Waals surface area contributed by atoms with Crippen molar-refractivity contribution in [2.24, 2.45) is 0 Å². The van der Waals surface area contributed by atoms with Gasteiger partial charge in [0.15, 0.2) is 17.3 Å². The van der Waals surface area contributed by atoms with Crippen molar-refractivity contribution in [3.05, 3.63) is 59.4 Å². The van der Waals surface area contributed by atoms with Crippen molar-refractivity contribution >= 4 is 5.91 Å². The van der Waals surface area contributed by atoms with Gasteiger partial charge in [0.05, 0.1) is 32.9 Å². The summed E-state index contributed by atoms with van der Waals surface area (Å²) in [5.74, 6) is 3.54. The van der Waals surface area contributed by atoms with Gasteiger partial charge < -0.3 is 24.1 Å². The molecule has 0 bridgehead atoms. The van der Waals surface area contributed by atoms with Gasteiger partial charge >= 0.3 is 0 Å². The molecule has 1 N–H and O–H groups in total. The number of nitrogens with one attached hydrogen (secondary N) is 1. The number of benzene rings is 1. The number of amides is 1. The first-order valence-corrected chi connectivity index (χ1v) is 11.2. The van der Waals surface area contributed by atoms with Crippen molar-refractivity contribution < 1.29 is 19.0 Å². The molecule has 3 heterocycles. The molecule has 3 aromatic rings. The maximum absolute atomic E-state index is 12.6. The highest BCUT2D eigenvalue weighted by molar-refractivity contribution is 5.94. The fourth-order valence-electron chi connectivity index (χ4n) is 4.17. The van der Waals surface area contributed by atoms with Crippen LogP contribution in [0.1, 0.15) is 40.5 Å². The van der Waals surface area contributed by atoms with E-state index in [1.54, 1.807) is 45.9 Å². The summed E-state index contributed by atoms with van der Waals surface area (Å²) < 4.78 is 18.6. The molecule has 0 saturated heterocycles. The van der Waals surface area contributed by atoms with Crippen molar-refractivity contribution in [2.45, 2.75) is 32.5 Å². The Bertz CT molecular complexity index is 1130. The highest BCUT2D eigenvalue weighted by atomic mass is 16.5. The lowest BCUT2D eigenvalue weighted by atomic mass is 10.1. The van der Waals surface area contributed by atoms with Gasteiger partial charge in [0.1, 0.15) is 11.6 Å². The van der Waals surface area contributed by atoms with E-state index >= 15 is 0 Å². The first-order chi connectivity index (χ1) is 16.5. The Balaban J connectivity index is 1.45. The Morgan fingerprint density at radius 1 is 1.06 bits per heavy atom. The number of ether oxygens (including phenoxy) is 3. The number of fused-ring (bicyclic) bond motifs is 1. The normalized spacial score (nSPS) is 14.6. The van der Waals surface area contributed by atoms with Gasteiger partial charge in [0.2, 0.25) is 0 Å². The second-order valence-electron chi connectivity index (χ2n) is 8.11. The van der Waals surface area contributed by atoms with Gasteiger partial charge in [-0.2, -0.15) is 0 Å². The number of methoxy groups -OCH3 is 3. The molecule has 1 atom stereocenters. The lowest BCUT2D eigenvalue weighted by Crippen LogP contribution is -2.30. The first kappa shape index (κ1) is 23.5. The summed E-state index contributed by atoms with van der Waals surface area (Å²) in [4.78, 5) is 18.9. The van der Waals surface area contributed by atoms with E-state index in [0.717, 1.165) is 49.0 Å². The van der Waals surface area contributed by atoms with E-state index in [4.69, 9.17) is 14.2 Å². The maximum Gasteiger partial charge on any atom is 0.253 e. The zero-order chi connectivity index (χ0) is 24.1. The molecule has 180 valence electrons. The minimum atomic E-state index is -0.286. The van der Waals surface area contributed by atoms with Crippen LogP contribution < -0.4 is 19.5 Å². The van der Waals surface area contributed by atoms with Crippen molar-refractivity contribution in [1.29, 1.82) is 0 Å². The lowest BCUT2D eigenvalue weighted by molar-refractivity contribution is 0.0937. The molecule has 4 rings (SSSR count). The van der Waals surface area contributed by atoms with Crippen LogP contribution in [0.15, 0.2) is 36.7 Å². The van der Waals surface area contributed by atoms with Crippen LogP contribution in [0.25, 0.3) is 0 Å². The molecular formula is C24H30N6O4. The minimum Gasteiger partial charge on any atom is -0.496 e. The van der Waals surface area contributed by atoms with E-state index in [9.17, 15) is 4.79 Å². The second-order valence-corrected chi connectivity index (χ2v) is 8.11. The molecule has 2 aromatic heterocycles. The van der Waals surface area contributed by atoms with Crippen molar-refractivity contribution in [1.82, 2.24) is 30.0 Å². The van der Waals surface area contributed by atoms with E-state index in [1.165, 1.54) is 0 Å². The number of carbonyl (C=O) groups excluding carboxylic acids is 1. The standard InChI is InChI=1S/C24H30N6O4/c1-16(26-24(31)17-6-5-8-25-14-17)23-28-27-22-7-9-29(10-11-30(22)23)15-18-12-20(33-3)21(34-4)13-19(18)32-2/h5-6,8,12-14,16H,7,9-11,15H2,1-4H3,(H,26,31). The zero-order valence-corrected chi connectivity index (χ0v) is 19.9. The van der Waals surface area contributed by atoms with Crippen molar-refractivity contribution in [2.75, 3.05) is 34.4 Å². The summed E-state index contributed by atoms with van der Waals surface area (Å²) in [6.07, 6.45) is 3.94. The first-order valence-electron chi connectivity index (χ1n) is 11.2. The summed E-state index contributed by atoms with van der Waals surface area (Å²) in [6.45, 7) is 4.97. The maximum atomic E-state index is 12.6. The fourth-order valence-corrected chi connectivity index (χ4v) is 4.17. The SMILES string of the molecule is COc1cc(OC)c(OC)cc1CN1CCc2nnc(C(C)NC(=O)c3cccnc3)n2CC1. The summed E-state index contributed by atoms with van der Waals surface area (Å²) in [7, 11) is 4.89. The van der Waals surface area contributed by atoms with E-state index in [-0.39, 0.29) is 11.9 Å². The molecule has 1 aromatic carbocycles. The lowest BCUT2D eigenvalue weighted by Gasteiger charge is -2.22. The molecule has 0 aliphatic carbocycles. The Morgan fingerprint density at radius 3 is 2.53 bits per heavy atom. The van der Waals surface area contributed by atoms with Gasteiger partial charge in [-0.05, 0) is 25.1 Å². The van der Waals surface area contributed by atoms with Crippen LogP contribution in [0.2, 0.25) is 0 Å². The van der Waals surface area contributed by atoms with Crippen LogP contribution in [0.3, 0.4) is 0 Å². The number of rotatable bonds is 8. The van der Waals surface area contributed by atoms with Crippen molar-refractivity contribution in [3.8, 4) is 17.2 Å². The van der Waals surface area contributed by atoms with Gasteiger partial charge in [-0.1, -0.05) is 0 Å². The van der Waals surface area contributed by atoms with Crippen LogP contribution in [0.5, 0.6) is 17.2 Å². The monoisotopic (exact) mass is 466 g/mol. The topological polar surface area (TPSA) is 104 Å². The number of carbonyl (C=O) groups is 1. The number of nitrogens with zero attached hydrogens (tertiary/aromatic N) is 5. The molecule has 0 radical (unpaired) electrons. The summed E-state index contributed by atoms with van der Waals surface area (Å²) >= 11 is 0. The summed E-state index contributed by atoms with van der Waals surface area (Å²) in [5, 5.41) is 11.8. The largest absolute Gasteiger partial charge is 0.496 e. The van der Waals surface area contributed by atoms with Crippen LogP contribution >= 0.6 is 0 Å². The molecule has 1 amide bonds. The smallest absolute Gasteiger partial charge is 0.253 e. The van der Waals surface area contributed by atoms with E-state index in [2.05, 4.69) is 30.0 Å². The fraction of sp³-hybridized carbons (Fsp3) is 0.417. The summed E-state index contributed by atoms with van der Waals surface area (Å²) in [6, 6.07) is 7.01. The van der Waals surface area contributed by atoms with Crippen molar-refractivity contribution in [3.63, 3.8) is 0 Å². The Hall–Kier alpha value is -3.66. The quantitative estimate of drug-likeness (QED) is 0.539. The third kappa shape index (κ3) is 4.96. The third-order valence-corrected chi connectivity index (χ3v) is 5.99. The zero-order valence-electron chi connectivity index (χ0n) is 19.9. The van der Waals surface area contributed by atoms with Crippen LogP contribution in [0.4, 0.5) is 0 Å². The molecule has 10 nitrogen and oxygen atoms in total. The predicted octanol–water partition coefficient (Wildman–Crippen LogP) is 2.25. The molecular weight excluding hydrogens is 436 g/mol. The van der Waals surface area contributed by atoms with Crippen LogP contribution in [-0.2, 0) is 19.5 Å². The highest BCUT2D eigenvalue weighted by Gasteiger charge is 2.24. The number of hydrogen-bond acceptors (Lipinski definition) is 8. The highest BCUT2D eigenvalue weighted by Crippen LogP contribution is 2.35. The molecule has 10 heteroatoms. The molecule has 1 unspecified atom stereocenters. The average molecular weight is 467 g/mol. The third-order valence-electron chi connectivity index (χ3n) is 5.99. The Morgan fingerprint density at radius 2 is 1.82 bits per heavy atom. The number of pyridine rings is 1. The molecule has 1 aliphatic rings. The average Bonchev–Trinajstić information content (AvgIpc) is 3.18. The molecule has 0 saturated carbocycles. The van der Waals surface area contributed by atoms with Crippen LogP contribution in [0, 0.1) is 0 Å². The van der Waals surface area contributed by atoms with Gasteiger partial charge in [-0.25, -0.2) is 0 Å². The number of hydrogen-bond donors (Lipinski definition) is 1. The number of aromatic nitrogens is 4. The van der Waals surface area contributed by atoms with Gasteiger partial charge in [-0.15, -0.1) is 10.2 Å².